The van der Waals surface area contributed by atoms with Gasteiger partial charge in [0.05, 0.1) is 27.8 Å². The number of hydrogen-bond donors (Lipinski definition) is 1. The summed E-state index contributed by atoms with van der Waals surface area (Å²) in [6.45, 7) is 2.06. The zero-order chi connectivity index (χ0) is 15.0. The maximum absolute atomic E-state index is 6.21. The average Bonchev–Trinajstić information content (AvgIpc) is 2.80. The zero-order valence-corrected chi connectivity index (χ0v) is 13.3. The number of halogens is 2. The lowest BCUT2D eigenvalue weighted by molar-refractivity contribution is 0.734. The molecule has 1 unspecified atom stereocenters. The van der Waals surface area contributed by atoms with Crippen molar-refractivity contribution >= 4 is 39.9 Å². The first-order chi connectivity index (χ1) is 10.1. The second-order valence-electron chi connectivity index (χ2n) is 5.01. The van der Waals surface area contributed by atoms with E-state index in [9.17, 15) is 0 Å². The third kappa shape index (κ3) is 2.71. The van der Waals surface area contributed by atoms with E-state index in [2.05, 4.69) is 27.9 Å². The molecule has 0 saturated heterocycles. The summed E-state index contributed by atoms with van der Waals surface area (Å²) in [5, 5.41) is 4.61. The van der Waals surface area contributed by atoms with Crippen LogP contribution in [0.2, 0.25) is 10.0 Å². The minimum absolute atomic E-state index is 0.0288. The molecule has 1 atom stereocenters. The van der Waals surface area contributed by atoms with Gasteiger partial charge in [0.1, 0.15) is 5.82 Å². The highest BCUT2D eigenvalue weighted by Crippen LogP contribution is 2.29. The predicted octanol–water partition coefficient (Wildman–Crippen LogP) is 5.05. The second kappa shape index (κ2) is 5.58. The Kier molecular flexibility index (Phi) is 3.79. The first kappa shape index (κ1) is 14.2. The molecule has 5 heteroatoms. The van der Waals surface area contributed by atoms with Gasteiger partial charge < -0.3 is 9.88 Å². The quantitative estimate of drug-likeness (QED) is 0.731. The Morgan fingerprint density at radius 3 is 2.62 bits per heavy atom. The molecular formula is C16H15Cl2N3. The van der Waals surface area contributed by atoms with Crippen LogP contribution >= 0.6 is 23.2 Å². The predicted molar refractivity (Wildman–Crippen MR) is 89.2 cm³/mol. The third-order valence-electron chi connectivity index (χ3n) is 3.51. The van der Waals surface area contributed by atoms with E-state index in [0.29, 0.717) is 10.0 Å². The second-order valence-corrected chi connectivity index (χ2v) is 5.85. The summed E-state index contributed by atoms with van der Waals surface area (Å²) in [5.41, 5.74) is 2.95. The Labute approximate surface area is 133 Å². The number of anilines is 1. The Bertz CT molecular complexity index is 795. The van der Waals surface area contributed by atoms with Crippen LogP contribution in [0.3, 0.4) is 0 Å². The molecule has 1 aromatic heterocycles. The number of benzene rings is 2. The van der Waals surface area contributed by atoms with Crippen molar-refractivity contribution in [3.05, 3.63) is 58.3 Å². The molecule has 0 fully saturated rings. The van der Waals surface area contributed by atoms with Crippen LogP contribution in [0.4, 0.5) is 5.69 Å². The Morgan fingerprint density at radius 2 is 1.90 bits per heavy atom. The average molecular weight is 320 g/mol. The molecule has 0 saturated carbocycles. The van der Waals surface area contributed by atoms with Gasteiger partial charge in [0.2, 0.25) is 0 Å². The van der Waals surface area contributed by atoms with Crippen LogP contribution in [0.5, 0.6) is 0 Å². The maximum Gasteiger partial charge on any atom is 0.131 e. The van der Waals surface area contributed by atoms with E-state index in [4.69, 9.17) is 23.2 Å². The highest BCUT2D eigenvalue weighted by Gasteiger charge is 2.15. The summed E-state index contributed by atoms with van der Waals surface area (Å²) in [5.74, 6) is 0.960. The van der Waals surface area contributed by atoms with Gasteiger partial charge in [-0.25, -0.2) is 4.98 Å². The summed E-state index contributed by atoms with van der Waals surface area (Å²) >= 11 is 12.1. The number of hydrogen-bond acceptors (Lipinski definition) is 2. The molecule has 0 bridgehead atoms. The van der Waals surface area contributed by atoms with Gasteiger partial charge in [0, 0.05) is 12.1 Å². The van der Waals surface area contributed by atoms with Crippen LogP contribution in [0, 0.1) is 0 Å². The number of aryl methyl sites for hydroxylation is 1. The normalized spacial score (nSPS) is 12.6. The molecule has 1 N–H and O–H groups in total. The van der Waals surface area contributed by atoms with Gasteiger partial charge in [-0.05, 0) is 37.3 Å². The monoisotopic (exact) mass is 319 g/mol. The highest BCUT2D eigenvalue weighted by molar-refractivity contribution is 6.36. The molecular weight excluding hydrogens is 305 g/mol. The van der Waals surface area contributed by atoms with Crippen LogP contribution in [0.25, 0.3) is 11.0 Å². The molecule has 0 amide bonds. The summed E-state index contributed by atoms with van der Waals surface area (Å²) in [7, 11) is 2.02. The minimum Gasteiger partial charge on any atom is -0.374 e. The fourth-order valence-electron chi connectivity index (χ4n) is 2.46. The van der Waals surface area contributed by atoms with Gasteiger partial charge in [-0.3, -0.25) is 0 Å². The van der Waals surface area contributed by atoms with Gasteiger partial charge >= 0.3 is 0 Å². The number of nitrogens with one attached hydrogen (secondary N) is 1. The van der Waals surface area contributed by atoms with E-state index in [1.807, 2.05) is 37.4 Å². The number of para-hydroxylation sites is 2. The van der Waals surface area contributed by atoms with Crippen molar-refractivity contribution in [1.29, 1.82) is 0 Å². The van der Waals surface area contributed by atoms with Crippen LogP contribution in [0.15, 0.2) is 42.5 Å². The van der Waals surface area contributed by atoms with E-state index in [0.717, 1.165) is 22.5 Å². The minimum atomic E-state index is 0.0288. The summed E-state index contributed by atoms with van der Waals surface area (Å²) in [6, 6.07) is 13.5. The van der Waals surface area contributed by atoms with Gasteiger partial charge in [-0.2, -0.15) is 0 Å². The molecule has 0 aliphatic rings. The highest BCUT2D eigenvalue weighted by atomic mass is 35.5. The van der Waals surface area contributed by atoms with E-state index in [1.54, 1.807) is 6.07 Å². The van der Waals surface area contributed by atoms with E-state index in [-0.39, 0.29) is 6.04 Å². The van der Waals surface area contributed by atoms with Crippen molar-refractivity contribution in [2.24, 2.45) is 7.05 Å². The van der Waals surface area contributed by atoms with Gasteiger partial charge in [-0.1, -0.05) is 35.3 Å². The lowest BCUT2D eigenvalue weighted by Gasteiger charge is -2.16. The fourth-order valence-corrected chi connectivity index (χ4v) is 2.92. The van der Waals surface area contributed by atoms with Crippen LogP contribution < -0.4 is 5.32 Å². The maximum atomic E-state index is 6.21. The van der Waals surface area contributed by atoms with Crippen molar-refractivity contribution in [3.8, 4) is 0 Å². The molecule has 0 spiro atoms. The first-order valence-electron chi connectivity index (χ1n) is 6.69. The Hall–Kier alpha value is -1.71. The molecule has 1 heterocycles. The molecule has 0 aliphatic heterocycles. The van der Waals surface area contributed by atoms with Gasteiger partial charge in [0.25, 0.3) is 0 Å². The standard InChI is InChI=1S/C16H15Cl2N3/c1-10(19-13-8-7-11(17)9-12(13)18)16-20-14-5-3-4-6-15(14)21(16)2/h3-10,19H,1-2H3. The number of aromatic nitrogens is 2. The topological polar surface area (TPSA) is 29.9 Å². The van der Waals surface area contributed by atoms with Crippen molar-refractivity contribution in [1.82, 2.24) is 9.55 Å². The molecule has 108 valence electrons. The summed E-state index contributed by atoms with van der Waals surface area (Å²) < 4.78 is 2.09. The van der Waals surface area contributed by atoms with E-state index >= 15 is 0 Å². The fraction of sp³-hybridized carbons (Fsp3) is 0.188. The Morgan fingerprint density at radius 1 is 1.14 bits per heavy atom. The first-order valence-corrected chi connectivity index (χ1v) is 7.45. The molecule has 0 aliphatic carbocycles. The lowest BCUT2D eigenvalue weighted by Crippen LogP contribution is -2.12. The smallest absolute Gasteiger partial charge is 0.131 e. The molecule has 21 heavy (non-hydrogen) atoms. The largest absolute Gasteiger partial charge is 0.374 e. The van der Waals surface area contributed by atoms with E-state index in [1.165, 1.54) is 0 Å². The van der Waals surface area contributed by atoms with Crippen molar-refractivity contribution < 1.29 is 0 Å². The van der Waals surface area contributed by atoms with Gasteiger partial charge in [-0.15, -0.1) is 0 Å². The van der Waals surface area contributed by atoms with E-state index < -0.39 is 0 Å². The van der Waals surface area contributed by atoms with Gasteiger partial charge in [0.15, 0.2) is 0 Å². The SMILES string of the molecule is CC(Nc1ccc(Cl)cc1Cl)c1nc2ccccc2n1C. The van der Waals surface area contributed by atoms with Crippen molar-refractivity contribution in [3.63, 3.8) is 0 Å². The van der Waals surface area contributed by atoms with Crippen LogP contribution in [-0.4, -0.2) is 9.55 Å². The molecule has 3 aromatic rings. The number of rotatable bonds is 3. The van der Waals surface area contributed by atoms with Crippen LogP contribution in [-0.2, 0) is 7.05 Å². The van der Waals surface area contributed by atoms with Crippen molar-refractivity contribution in [2.45, 2.75) is 13.0 Å². The lowest BCUT2D eigenvalue weighted by atomic mass is 10.2. The Balaban J connectivity index is 1.93. The summed E-state index contributed by atoms with van der Waals surface area (Å²) in [4.78, 5) is 4.69. The van der Waals surface area contributed by atoms with Crippen LogP contribution in [0.1, 0.15) is 18.8 Å². The summed E-state index contributed by atoms with van der Waals surface area (Å²) in [6.07, 6.45) is 0. The molecule has 3 nitrogen and oxygen atoms in total. The zero-order valence-electron chi connectivity index (χ0n) is 11.8. The van der Waals surface area contributed by atoms with Crippen molar-refractivity contribution in [2.75, 3.05) is 5.32 Å². The molecule has 3 rings (SSSR count). The number of fused-ring (bicyclic) bond motifs is 1. The molecule has 0 radical (unpaired) electrons. The molecule has 2 aromatic carbocycles. The third-order valence-corrected chi connectivity index (χ3v) is 4.06. The number of imidazole rings is 1. The number of nitrogens with zero attached hydrogens (tertiary/aromatic N) is 2.